The van der Waals surface area contributed by atoms with E-state index in [0.717, 1.165) is 31.6 Å². The summed E-state index contributed by atoms with van der Waals surface area (Å²) in [6, 6.07) is 0. The molecule has 0 aliphatic rings. The van der Waals surface area contributed by atoms with Crippen LogP contribution in [0, 0.1) is 13.8 Å². The smallest absolute Gasteiger partial charge is 0.333 e. The summed E-state index contributed by atoms with van der Waals surface area (Å²) in [6.45, 7) is 11.2. The van der Waals surface area contributed by atoms with E-state index in [0.29, 0.717) is 23.4 Å². The molecule has 1 aromatic heterocycles. The Morgan fingerprint density at radius 2 is 1.75 bits per heavy atom. The Morgan fingerprint density at radius 3 is 2.11 bits per heavy atom. The van der Waals surface area contributed by atoms with Crippen LogP contribution in [0.1, 0.15) is 52.4 Å². The summed E-state index contributed by atoms with van der Waals surface area (Å²) >= 11 is 0. The molecule has 0 spiro atoms. The van der Waals surface area contributed by atoms with E-state index in [1.165, 1.54) is 0 Å². The molecule has 1 rings (SSSR count). The highest BCUT2D eigenvalue weighted by Gasteiger charge is 2.17. The van der Waals surface area contributed by atoms with Gasteiger partial charge in [0.1, 0.15) is 0 Å². The average molecular weight is 399 g/mol. The minimum atomic E-state index is -1.79. The number of carbonyl (C=O) groups is 4. The van der Waals surface area contributed by atoms with Gasteiger partial charge in [0.2, 0.25) is 0 Å². The molecule has 0 aromatic carbocycles. The molecule has 0 aliphatic carbocycles. The summed E-state index contributed by atoms with van der Waals surface area (Å²) in [5, 5.41) is 27.0. The predicted molar refractivity (Wildman–Crippen MR) is 102 cm³/mol. The predicted octanol–water partition coefficient (Wildman–Crippen LogP) is 0.422. The zero-order valence-corrected chi connectivity index (χ0v) is 16.6. The van der Waals surface area contributed by atoms with E-state index >= 15 is 0 Å². The Kier molecular flexibility index (Phi) is 11.4. The van der Waals surface area contributed by atoms with Gasteiger partial charge in [-0.1, -0.05) is 13.8 Å². The van der Waals surface area contributed by atoms with Gasteiger partial charge in [-0.15, -0.1) is 0 Å². The maximum atomic E-state index is 12.1. The fourth-order valence-corrected chi connectivity index (χ4v) is 2.44. The molecule has 10 heteroatoms. The van der Waals surface area contributed by atoms with Gasteiger partial charge >= 0.3 is 11.9 Å². The van der Waals surface area contributed by atoms with Crippen LogP contribution >= 0.6 is 0 Å². The molecule has 0 saturated carbocycles. The van der Waals surface area contributed by atoms with Crippen LogP contribution in [-0.2, 0) is 9.59 Å². The van der Waals surface area contributed by atoms with Gasteiger partial charge in [0.15, 0.2) is 12.4 Å². The van der Waals surface area contributed by atoms with Crippen LogP contribution in [0.15, 0.2) is 0 Å². The minimum absolute atomic E-state index is 0.119. The number of aromatic nitrogens is 1. The quantitative estimate of drug-likeness (QED) is 0.354. The van der Waals surface area contributed by atoms with Gasteiger partial charge in [0, 0.05) is 18.8 Å². The van der Waals surface area contributed by atoms with Crippen molar-refractivity contribution in [1.29, 1.82) is 0 Å². The molecule has 1 aromatic rings. The second-order valence-electron chi connectivity index (χ2n) is 6.02. The summed E-state index contributed by atoms with van der Waals surface area (Å²) in [7, 11) is 0. The number of H-pyrrole nitrogens is 1. The zero-order valence-electron chi connectivity index (χ0n) is 16.6. The number of aliphatic carboxylic acids is 2. The van der Waals surface area contributed by atoms with Gasteiger partial charge in [-0.25, -0.2) is 4.79 Å². The molecule has 10 nitrogen and oxygen atoms in total. The Bertz CT molecular complexity index is 681. The van der Waals surface area contributed by atoms with Crippen molar-refractivity contribution in [3.63, 3.8) is 0 Å². The lowest BCUT2D eigenvalue weighted by atomic mass is 10.1. The monoisotopic (exact) mass is 399 g/mol. The second kappa shape index (κ2) is 12.6. The summed E-state index contributed by atoms with van der Waals surface area (Å²) < 4.78 is 0. The van der Waals surface area contributed by atoms with Gasteiger partial charge < -0.3 is 30.5 Å². The van der Waals surface area contributed by atoms with Crippen molar-refractivity contribution in [2.75, 3.05) is 26.2 Å². The molecule has 0 unspecified atom stereocenters. The average Bonchev–Trinajstić information content (AvgIpc) is 2.92. The van der Waals surface area contributed by atoms with E-state index in [1.807, 2.05) is 0 Å². The summed E-state index contributed by atoms with van der Waals surface area (Å²) in [5.41, 5.74) is 2.51. The molecule has 0 fully saturated rings. The normalized spacial score (nSPS) is 11.4. The number of nitrogens with zero attached hydrogens (tertiary/aromatic N) is 1. The molecule has 1 amide bonds. The van der Waals surface area contributed by atoms with Crippen LogP contribution in [0.25, 0.3) is 0 Å². The van der Waals surface area contributed by atoms with Gasteiger partial charge in [0.05, 0.1) is 17.7 Å². The number of likely N-dealkylation sites (N-methyl/N-ethyl adjacent to an activating group) is 1. The number of aliphatic hydroxyl groups is 1. The number of aliphatic hydroxyl groups excluding tert-OH is 1. The molecule has 158 valence electrons. The Hall–Kier alpha value is -2.72. The van der Waals surface area contributed by atoms with E-state index in [2.05, 4.69) is 29.0 Å². The molecule has 0 aliphatic heterocycles. The number of rotatable bonds is 10. The topological polar surface area (TPSA) is 160 Å². The number of amides is 1. The first-order valence-electron chi connectivity index (χ1n) is 8.86. The fourth-order valence-electron chi connectivity index (χ4n) is 2.44. The lowest BCUT2D eigenvalue weighted by Crippen LogP contribution is -2.35. The third-order valence-corrected chi connectivity index (χ3v) is 4.08. The third-order valence-electron chi connectivity index (χ3n) is 4.08. The maximum Gasteiger partial charge on any atom is 0.333 e. The van der Waals surface area contributed by atoms with E-state index in [-0.39, 0.29) is 5.91 Å². The van der Waals surface area contributed by atoms with Gasteiger partial charge in [-0.05, 0) is 32.5 Å². The van der Waals surface area contributed by atoms with Gasteiger partial charge in [-0.3, -0.25) is 14.4 Å². The highest BCUT2D eigenvalue weighted by atomic mass is 16.4. The van der Waals surface area contributed by atoms with Crippen LogP contribution < -0.4 is 5.32 Å². The van der Waals surface area contributed by atoms with Crippen LogP contribution in [-0.4, -0.2) is 81.6 Å². The van der Waals surface area contributed by atoms with Crippen molar-refractivity contribution in [3.8, 4) is 0 Å². The third kappa shape index (κ3) is 8.31. The maximum absolute atomic E-state index is 12.1. The van der Waals surface area contributed by atoms with Crippen molar-refractivity contribution >= 4 is 24.1 Å². The van der Waals surface area contributed by atoms with Crippen LogP contribution in [0.3, 0.4) is 0 Å². The fraction of sp³-hybridized carbons (Fsp3) is 0.556. The molecule has 0 radical (unpaired) electrons. The first-order valence-corrected chi connectivity index (χ1v) is 8.86. The van der Waals surface area contributed by atoms with Crippen molar-refractivity contribution in [2.45, 2.75) is 40.2 Å². The van der Waals surface area contributed by atoms with Crippen LogP contribution in [0.4, 0.5) is 0 Å². The van der Waals surface area contributed by atoms with Gasteiger partial charge in [-0.2, -0.15) is 0 Å². The van der Waals surface area contributed by atoms with Gasteiger partial charge in [0.25, 0.3) is 5.91 Å². The highest BCUT2D eigenvalue weighted by Crippen LogP contribution is 2.16. The first kappa shape index (κ1) is 25.3. The Morgan fingerprint density at radius 1 is 1.18 bits per heavy atom. The number of aromatic amines is 1. The van der Waals surface area contributed by atoms with Crippen molar-refractivity contribution in [2.24, 2.45) is 0 Å². The number of carbonyl (C=O) groups excluding carboxylic acids is 2. The van der Waals surface area contributed by atoms with Crippen molar-refractivity contribution < 1.29 is 34.5 Å². The number of hydrogen-bond donors (Lipinski definition) is 5. The van der Waals surface area contributed by atoms with E-state index < -0.39 is 24.5 Å². The number of hydrogen-bond acceptors (Lipinski definition) is 6. The summed E-state index contributed by atoms with van der Waals surface area (Å²) in [4.78, 5) is 47.5. The summed E-state index contributed by atoms with van der Waals surface area (Å²) in [6.07, 6.45) is -1.80. The second-order valence-corrected chi connectivity index (χ2v) is 6.02. The summed E-state index contributed by atoms with van der Waals surface area (Å²) in [5.74, 6) is -2.96. The molecule has 28 heavy (non-hydrogen) atoms. The van der Waals surface area contributed by atoms with Crippen LogP contribution in [0.5, 0.6) is 0 Å². The van der Waals surface area contributed by atoms with E-state index in [1.54, 1.807) is 13.8 Å². The molecule has 1 heterocycles. The molecular weight excluding hydrogens is 370 g/mol. The van der Waals surface area contributed by atoms with Crippen molar-refractivity contribution in [3.05, 3.63) is 22.5 Å². The minimum Gasteiger partial charge on any atom is -0.481 e. The molecule has 0 saturated heterocycles. The number of aryl methyl sites for hydroxylation is 1. The number of nitrogens with one attached hydrogen (secondary N) is 2. The van der Waals surface area contributed by atoms with Crippen molar-refractivity contribution in [1.82, 2.24) is 15.2 Å². The van der Waals surface area contributed by atoms with E-state index in [4.69, 9.17) is 15.3 Å². The molecular formula is C18H29N3O7. The number of carboxylic acids is 2. The van der Waals surface area contributed by atoms with Crippen LogP contribution in [0.2, 0.25) is 0 Å². The first-order chi connectivity index (χ1) is 13.1. The molecule has 1 atom stereocenters. The number of carboxylic acid groups (broad SMARTS) is 2. The molecule has 5 N–H and O–H groups in total. The lowest BCUT2D eigenvalue weighted by molar-refractivity contribution is -0.152. The SMILES string of the molecule is CCN(CC)CCNC(=O)c1c(C)[nH]c(C=O)c1C.O=C(O)C[C@H](O)C(=O)O. The largest absolute Gasteiger partial charge is 0.481 e. The van der Waals surface area contributed by atoms with E-state index in [9.17, 15) is 19.2 Å². The Labute approximate surface area is 163 Å². The molecule has 0 bridgehead atoms. The number of aldehydes is 1. The standard InChI is InChI=1S/C14H23N3O2.C4H6O5/c1-5-17(6-2)8-7-15-14(19)13-10(3)12(9-18)16-11(13)4;5-2(4(8)9)1-3(6)7/h9,16H,5-8H2,1-4H3,(H,15,19);2,5H,1H2,(H,6,7)(H,8,9)/t;2-/m.0/s1. The Balaban J connectivity index is 0.000000684. The lowest BCUT2D eigenvalue weighted by Gasteiger charge is -2.18. The zero-order chi connectivity index (χ0) is 21.9. The highest BCUT2D eigenvalue weighted by molar-refractivity contribution is 5.99.